The van der Waals surface area contributed by atoms with Gasteiger partial charge in [0.1, 0.15) is 0 Å². The summed E-state index contributed by atoms with van der Waals surface area (Å²) in [5.74, 6) is 0.896. The molecule has 1 aromatic carbocycles. The Balaban J connectivity index is 1.96. The Bertz CT molecular complexity index is 431. The van der Waals surface area contributed by atoms with Crippen molar-refractivity contribution in [3.8, 4) is 0 Å². The predicted molar refractivity (Wildman–Crippen MR) is 79.0 cm³/mol. The van der Waals surface area contributed by atoms with Crippen LogP contribution < -0.4 is 10.6 Å². The molecule has 0 aromatic heterocycles. The molecule has 0 aliphatic heterocycles. The Morgan fingerprint density at radius 1 is 1.37 bits per heavy atom. The van der Waals surface area contributed by atoms with E-state index in [0.29, 0.717) is 5.92 Å². The van der Waals surface area contributed by atoms with Crippen molar-refractivity contribution in [3.63, 3.8) is 0 Å². The van der Waals surface area contributed by atoms with Crippen LogP contribution in [-0.2, 0) is 11.3 Å². The summed E-state index contributed by atoms with van der Waals surface area (Å²) in [6, 6.07) is 8.10. The molecule has 19 heavy (non-hydrogen) atoms. The number of benzene rings is 1. The van der Waals surface area contributed by atoms with Crippen LogP contribution in [0.3, 0.4) is 0 Å². The molecule has 3 nitrogen and oxygen atoms in total. The fourth-order valence-electron chi connectivity index (χ4n) is 2.80. The van der Waals surface area contributed by atoms with Crippen molar-refractivity contribution in [2.24, 2.45) is 11.8 Å². The number of anilines is 1. The first-order valence-corrected chi connectivity index (χ1v) is 7.31. The fourth-order valence-corrected chi connectivity index (χ4v) is 2.80. The smallest absolute Gasteiger partial charge is 0.227 e. The van der Waals surface area contributed by atoms with E-state index in [0.717, 1.165) is 25.2 Å². The summed E-state index contributed by atoms with van der Waals surface area (Å²) in [6.07, 6.45) is 3.39. The van der Waals surface area contributed by atoms with E-state index in [1.807, 2.05) is 12.1 Å². The second-order valence-electron chi connectivity index (χ2n) is 5.48. The second kappa shape index (κ2) is 6.71. The topological polar surface area (TPSA) is 41.1 Å². The zero-order chi connectivity index (χ0) is 13.7. The van der Waals surface area contributed by atoms with Gasteiger partial charge in [-0.25, -0.2) is 0 Å². The van der Waals surface area contributed by atoms with Crippen LogP contribution in [-0.4, -0.2) is 12.5 Å². The predicted octanol–water partition coefficient (Wildman–Crippen LogP) is 3.17. The maximum atomic E-state index is 12.2. The van der Waals surface area contributed by atoms with Crippen LogP contribution in [0.25, 0.3) is 0 Å². The zero-order valence-corrected chi connectivity index (χ0v) is 11.9. The fraction of sp³-hybridized carbons (Fsp3) is 0.562. The van der Waals surface area contributed by atoms with Gasteiger partial charge in [0, 0.05) is 18.2 Å². The molecule has 3 heteroatoms. The number of carbonyl (C=O) groups excluding carboxylic acids is 1. The van der Waals surface area contributed by atoms with Gasteiger partial charge in [0.05, 0.1) is 0 Å². The Labute approximate surface area is 115 Å². The average molecular weight is 260 g/mol. The van der Waals surface area contributed by atoms with Gasteiger partial charge in [-0.3, -0.25) is 4.79 Å². The molecule has 1 saturated carbocycles. The molecule has 0 bridgehead atoms. The molecule has 1 amide bonds. The van der Waals surface area contributed by atoms with E-state index < -0.39 is 0 Å². The number of amides is 1. The lowest BCUT2D eigenvalue weighted by molar-refractivity contribution is -0.120. The molecule has 0 radical (unpaired) electrons. The standard InChI is InChI=1S/C16H24N2O/c1-3-17-11-13-7-5-8-14(10-13)18-16(19)15-9-4-6-12(15)2/h5,7-8,10,12,15,17H,3-4,6,9,11H2,1-2H3,(H,18,19). The summed E-state index contributed by atoms with van der Waals surface area (Å²) in [7, 11) is 0. The Morgan fingerprint density at radius 2 is 2.21 bits per heavy atom. The molecule has 104 valence electrons. The maximum Gasteiger partial charge on any atom is 0.227 e. The number of carbonyl (C=O) groups is 1. The van der Waals surface area contributed by atoms with Crippen LogP contribution in [0.5, 0.6) is 0 Å². The van der Waals surface area contributed by atoms with Crippen LogP contribution >= 0.6 is 0 Å². The number of nitrogens with one attached hydrogen (secondary N) is 2. The van der Waals surface area contributed by atoms with Gasteiger partial charge in [-0.15, -0.1) is 0 Å². The van der Waals surface area contributed by atoms with Gasteiger partial charge in [0.15, 0.2) is 0 Å². The van der Waals surface area contributed by atoms with Gasteiger partial charge in [0.25, 0.3) is 0 Å². The van der Waals surface area contributed by atoms with E-state index in [2.05, 4.69) is 36.6 Å². The van der Waals surface area contributed by atoms with Crippen LogP contribution in [0.4, 0.5) is 5.69 Å². The Morgan fingerprint density at radius 3 is 2.89 bits per heavy atom. The Hall–Kier alpha value is -1.35. The minimum Gasteiger partial charge on any atom is -0.326 e. The van der Waals surface area contributed by atoms with Gasteiger partial charge >= 0.3 is 0 Å². The van der Waals surface area contributed by atoms with Crippen molar-refractivity contribution in [1.29, 1.82) is 0 Å². The van der Waals surface area contributed by atoms with E-state index >= 15 is 0 Å². The monoisotopic (exact) mass is 260 g/mol. The lowest BCUT2D eigenvalue weighted by atomic mass is 9.97. The molecule has 2 rings (SSSR count). The van der Waals surface area contributed by atoms with Crippen molar-refractivity contribution in [2.75, 3.05) is 11.9 Å². The first-order valence-electron chi connectivity index (χ1n) is 7.31. The highest BCUT2D eigenvalue weighted by atomic mass is 16.1. The van der Waals surface area contributed by atoms with E-state index in [4.69, 9.17) is 0 Å². The lowest BCUT2D eigenvalue weighted by Gasteiger charge is -2.15. The largest absolute Gasteiger partial charge is 0.326 e. The van der Waals surface area contributed by atoms with Crippen LogP contribution in [0.1, 0.15) is 38.7 Å². The summed E-state index contributed by atoms with van der Waals surface area (Å²) in [5.41, 5.74) is 2.12. The van der Waals surface area contributed by atoms with E-state index in [9.17, 15) is 4.79 Å². The first-order chi connectivity index (χ1) is 9.20. The quantitative estimate of drug-likeness (QED) is 0.853. The van der Waals surface area contributed by atoms with Gasteiger partial charge in [-0.1, -0.05) is 32.4 Å². The van der Waals surface area contributed by atoms with E-state index in [1.165, 1.54) is 18.4 Å². The third kappa shape index (κ3) is 3.80. The third-order valence-electron chi connectivity index (χ3n) is 3.97. The highest BCUT2D eigenvalue weighted by Crippen LogP contribution is 2.32. The molecule has 1 fully saturated rings. The Kier molecular flexibility index (Phi) is 4.97. The summed E-state index contributed by atoms with van der Waals surface area (Å²) < 4.78 is 0. The summed E-state index contributed by atoms with van der Waals surface area (Å²) in [6.45, 7) is 6.07. The molecule has 0 heterocycles. The molecule has 2 N–H and O–H groups in total. The summed E-state index contributed by atoms with van der Waals surface area (Å²) in [5, 5.41) is 6.36. The maximum absolute atomic E-state index is 12.2. The molecular formula is C16H24N2O. The highest BCUT2D eigenvalue weighted by molar-refractivity contribution is 5.92. The molecule has 1 aliphatic rings. The van der Waals surface area contributed by atoms with Crippen LogP contribution in [0.15, 0.2) is 24.3 Å². The molecule has 1 aliphatic carbocycles. The van der Waals surface area contributed by atoms with Gasteiger partial charge in [-0.05, 0) is 43.0 Å². The van der Waals surface area contributed by atoms with Crippen LogP contribution in [0.2, 0.25) is 0 Å². The first kappa shape index (κ1) is 14.1. The van der Waals surface area contributed by atoms with Crippen molar-refractivity contribution >= 4 is 11.6 Å². The number of rotatable bonds is 5. The van der Waals surface area contributed by atoms with Crippen molar-refractivity contribution in [3.05, 3.63) is 29.8 Å². The second-order valence-corrected chi connectivity index (χ2v) is 5.48. The summed E-state index contributed by atoms with van der Waals surface area (Å²) in [4.78, 5) is 12.2. The van der Waals surface area contributed by atoms with Crippen molar-refractivity contribution < 1.29 is 4.79 Å². The van der Waals surface area contributed by atoms with Gasteiger partial charge in [0.2, 0.25) is 5.91 Å². The third-order valence-corrected chi connectivity index (χ3v) is 3.97. The van der Waals surface area contributed by atoms with Crippen LogP contribution in [0, 0.1) is 11.8 Å². The summed E-state index contributed by atoms with van der Waals surface area (Å²) >= 11 is 0. The van der Waals surface area contributed by atoms with Crippen molar-refractivity contribution in [2.45, 2.75) is 39.7 Å². The van der Waals surface area contributed by atoms with E-state index in [1.54, 1.807) is 0 Å². The molecule has 1 aromatic rings. The number of hydrogen-bond acceptors (Lipinski definition) is 2. The number of hydrogen-bond donors (Lipinski definition) is 2. The molecular weight excluding hydrogens is 236 g/mol. The minimum atomic E-state index is 0.186. The highest BCUT2D eigenvalue weighted by Gasteiger charge is 2.29. The average Bonchev–Trinajstić information content (AvgIpc) is 2.83. The van der Waals surface area contributed by atoms with E-state index in [-0.39, 0.29) is 11.8 Å². The molecule has 0 saturated heterocycles. The van der Waals surface area contributed by atoms with Gasteiger partial charge in [-0.2, -0.15) is 0 Å². The van der Waals surface area contributed by atoms with Gasteiger partial charge < -0.3 is 10.6 Å². The molecule has 2 atom stereocenters. The molecule has 0 spiro atoms. The minimum absolute atomic E-state index is 0.186. The normalized spacial score (nSPS) is 22.4. The zero-order valence-electron chi connectivity index (χ0n) is 11.9. The SMILES string of the molecule is CCNCc1cccc(NC(=O)C2CCCC2C)c1. The lowest BCUT2D eigenvalue weighted by Crippen LogP contribution is -2.24. The van der Waals surface area contributed by atoms with Crippen molar-refractivity contribution in [1.82, 2.24) is 5.32 Å². The molecule has 2 unspecified atom stereocenters.